The average molecular weight is 498 g/mol. The number of carbonyl (C=O) groups excluding carboxylic acids is 1. The summed E-state index contributed by atoms with van der Waals surface area (Å²) in [7, 11) is -3.22. The van der Waals surface area contributed by atoms with Crippen LogP contribution in [0.4, 0.5) is 0 Å². The molecule has 1 aliphatic heterocycles. The summed E-state index contributed by atoms with van der Waals surface area (Å²) < 4.78 is 24.0. The molecule has 4 rings (SSSR count). The van der Waals surface area contributed by atoms with Crippen molar-refractivity contribution in [2.45, 2.75) is 77.4 Å². The standard InChI is InChI=1S/C28H39N3O3S/c1-5-35(33,34)25-12-10-21(11-13-25)15-30-28(32)23-14-24-18-31(17-22-8-6-20(4)7-9-22)27(19(2)3)26(24)29-16-23/h10-14,16,19-20,22,27H,5-9,15,17-18H2,1-4H3,(H,30,32)/t20-,22-,27-/m0/s1. The summed E-state index contributed by atoms with van der Waals surface area (Å²) in [4.78, 5) is 20.5. The van der Waals surface area contributed by atoms with E-state index in [9.17, 15) is 13.2 Å². The van der Waals surface area contributed by atoms with Crippen LogP contribution < -0.4 is 5.32 Å². The number of hydrogen-bond donors (Lipinski definition) is 1. The molecule has 2 aromatic rings. The van der Waals surface area contributed by atoms with Gasteiger partial charge >= 0.3 is 0 Å². The zero-order valence-corrected chi connectivity index (χ0v) is 22.3. The van der Waals surface area contributed by atoms with E-state index in [1.54, 1.807) is 37.4 Å². The summed E-state index contributed by atoms with van der Waals surface area (Å²) in [5, 5.41) is 2.95. The summed E-state index contributed by atoms with van der Waals surface area (Å²) >= 11 is 0. The minimum atomic E-state index is -3.22. The van der Waals surface area contributed by atoms with Gasteiger partial charge in [-0.25, -0.2) is 8.42 Å². The Labute approximate surface area is 210 Å². The highest BCUT2D eigenvalue weighted by atomic mass is 32.2. The van der Waals surface area contributed by atoms with Crippen molar-refractivity contribution >= 4 is 15.7 Å². The summed E-state index contributed by atoms with van der Waals surface area (Å²) in [5.41, 5.74) is 3.71. The molecule has 1 aromatic heterocycles. The van der Waals surface area contributed by atoms with Gasteiger partial charge in [-0.3, -0.25) is 14.7 Å². The number of aromatic nitrogens is 1. The molecule has 2 aliphatic rings. The third-order valence-electron chi connectivity index (χ3n) is 7.69. The Morgan fingerprint density at radius 2 is 1.83 bits per heavy atom. The van der Waals surface area contributed by atoms with E-state index in [4.69, 9.17) is 4.98 Å². The van der Waals surface area contributed by atoms with Crippen molar-refractivity contribution in [1.29, 1.82) is 0 Å². The van der Waals surface area contributed by atoms with E-state index in [0.717, 1.165) is 41.7 Å². The van der Waals surface area contributed by atoms with Gasteiger partial charge in [0.05, 0.1) is 27.9 Å². The SMILES string of the molecule is CCS(=O)(=O)c1ccc(CNC(=O)c2cnc3c(c2)CN(C[C@H]2CC[C@H](C)CC2)[C@H]3C(C)C)cc1. The normalized spacial score (nSPS) is 22.8. The van der Waals surface area contributed by atoms with Crippen LogP contribution >= 0.6 is 0 Å². The first-order chi connectivity index (χ1) is 16.7. The number of rotatable bonds is 8. The number of amides is 1. The number of benzene rings is 1. The van der Waals surface area contributed by atoms with E-state index in [0.29, 0.717) is 29.0 Å². The van der Waals surface area contributed by atoms with Gasteiger partial charge in [-0.1, -0.05) is 52.7 Å². The fourth-order valence-electron chi connectivity index (χ4n) is 5.55. The van der Waals surface area contributed by atoms with E-state index in [1.165, 1.54) is 25.7 Å². The molecule has 1 atom stereocenters. The lowest BCUT2D eigenvalue weighted by atomic mass is 9.82. The molecule has 2 heterocycles. The number of nitrogens with zero attached hydrogens (tertiary/aromatic N) is 2. The first-order valence-electron chi connectivity index (χ1n) is 13.0. The lowest BCUT2D eigenvalue weighted by Crippen LogP contribution is -2.32. The van der Waals surface area contributed by atoms with Crippen LogP contribution in [0.3, 0.4) is 0 Å². The van der Waals surface area contributed by atoms with Crippen molar-refractivity contribution in [2.75, 3.05) is 12.3 Å². The molecule has 1 N–H and O–H groups in total. The predicted octanol–water partition coefficient (Wildman–Crippen LogP) is 5.14. The molecule has 0 saturated heterocycles. The van der Waals surface area contributed by atoms with Crippen LogP contribution in [0.5, 0.6) is 0 Å². The van der Waals surface area contributed by atoms with Crippen molar-refractivity contribution in [3.63, 3.8) is 0 Å². The molecule has 1 saturated carbocycles. The van der Waals surface area contributed by atoms with Crippen LogP contribution in [0, 0.1) is 17.8 Å². The largest absolute Gasteiger partial charge is 0.348 e. The fraction of sp³-hybridized carbons (Fsp3) is 0.571. The number of sulfone groups is 1. The molecule has 6 nitrogen and oxygen atoms in total. The minimum absolute atomic E-state index is 0.0728. The molecule has 0 bridgehead atoms. The van der Waals surface area contributed by atoms with Crippen molar-refractivity contribution in [3.05, 3.63) is 58.9 Å². The van der Waals surface area contributed by atoms with Gasteiger partial charge in [0.2, 0.25) is 0 Å². The maximum absolute atomic E-state index is 12.9. The molecule has 190 valence electrons. The zero-order valence-electron chi connectivity index (χ0n) is 21.5. The van der Waals surface area contributed by atoms with Gasteiger partial charge < -0.3 is 5.32 Å². The molecule has 1 aromatic carbocycles. The first kappa shape index (κ1) is 25.8. The third kappa shape index (κ3) is 5.95. The van der Waals surface area contributed by atoms with Crippen LogP contribution in [0.25, 0.3) is 0 Å². The number of pyridine rings is 1. The van der Waals surface area contributed by atoms with Gasteiger partial charge in [-0.05, 0) is 59.9 Å². The van der Waals surface area contributed by atoms with Gasteiger partial charge in [-0.2, -0.15) is 0 Å². The topological polar surface area (TPSA) is 79.4 Å². The van der Waals surface area contributed by atoms with Gasteiger partial charge in [0.25, 0.3) is 5.91 Å². The average Bonchev–Trinajstić information content (AvgIpc) is 3.21. The molecule has 0 unspecified atom stereocenters. The highest BCUT2D eigenvalue weighted by Crippen LogP contribution is 2.40. The van der Waals surface area contributed by atoms with Crippen molar-refractivity contribution in [1.82, 2.24) is 15.2 Å². The molecule has 35 heavy (non-hydrogen) atoms. The van der Waals surface area contributed by atoms with E-state index in [2.05, 4.69) is 31.0 Å². The van der Waals surface area contributed by atoms with Crippen LogP contribution in [0.1, 0.15) is 86.6 Å². The smallest absolute Gasteiger partial charge is 0.253 e. The lowest BCUT2D eigenvalue weighted by molar-refractivity contribution is 0.0950. The molecule has 1 fully saturated rings. The zero-order chi connectivity index (χ0) is 25.2. The summed E-state index contributed by atoms with van der Waals surface area (Å²) in [5.74, 6) is 1.98. The maximum atomic E-state index is 12.9. The molecular weight excluding hydrogens is 458 g/mol. The second-order valence-electron chi connectivity index (χ2n) is 10.7. The molecule has 0 radical (unpaired) electrons. The second kappa shape index (κ2) is 10.8. The van der Waals surface area contributed by atoms with Gasteiger partial charge in [0.1, 0.15) is 0 Å². The highest BCUT2D eigenvalue weighted by Gasteiger charge is 2.35. The van der Waals surface area contributed by atoms with E-state index < -0.39 is 9.84 Å². The Morgan fingerprint density at radius 1 is 1.14 bits per heavy atom. The fourth-order valence-corrected chi connectivity index (χ4v) is 6.44. The summed E-state index contributed by atoms with van der Waals surface area (Å²) in [6, 6.07) is 9.02. The van der Waals surface area contributed by atoms with Crippen molar-refractivity contribution in [2.24, 2.45) is 17.8 Å². The molecule has 1 aliphatic carbocycles. The third-order valence-corrected chi connectivity index (χ3v) is 9.44. The van der Waals surface area contributed by atoms with Crippen LogP contribution in [-0.2, 0) is 22.9 Å². The van der Waals surface area contributed by atoms with Crippen molar-refractivity contribution in [3.8, 4) is 0 Å². The highest BCUT2D eigenvalue weighted by molar-refractivity contribution is 7.91. The number of hydrogen-bond acceptors (Lipinski definition) is 5. The molecule has 0 spiro atoms. The molecule has 1 amide bonds. The monoisotopic (exact) mass is 497 g/mol. The summed E-state index contributed by atoms with van der Waals surface area (Å²) in [6.07, 6.45) is 6.98. The van der Waals surface area contributed by atoms with Gasteiger partial charge in [0.15, 0.2) is 9.84 Å². The van der Waals surface area contributed by atoms with Gasteiger partial charge in [-0.15, -0.1) is 0 Å². The van der Waals surface area contributed by atoms with E-state index >= 15 is 0 Å². The molecular formula is C28H39N3O3S. The van der Waals surface area contributed by atoms with E-state index in [1.807, 2.05) is 6.07 Å². The Bertz CT molecular complexity index is 1140. The summed E-state index contributed by atoms with van der Waals surface area (Å²) in [6.45, 7) is 10.8. The van der Waals surface area contributed by atoms with Crippen LogP contribution in [0.2, 0.25) is 0 Å². The number of carbonyl (C=O) groups is 1. The molecule has 7 heteroatoms. The quantitative estimate of drug-likeness (QED) is 0.546. The number of nitrogens with one attached hydrogen (secondary N) is 1. The first-order valence-corrected chi connectivity index (χ1v) is 14.7. The van der Waals surface area contributed by atoms with E-state index in [-0.39, 0.29) is 11.7 Å². The van der Waals surface area contributed by atoms with Gasteiger partial charge in [0, 0.05) is 25.8 Å². The lowest BCUT2D eigenvalue weighted by Gasteiger charge is -2.34. The Balaban J connectivity index is 1.40. The number of fused-ring (bicyclic) bond motifs is 1. The van der Waals surface area contributed by atoms with Crippen molar-refractivity contribution < 1.29 is 13.2 Å². The predicted molar refractivity (Wildman–Crippen MR) is 139 cm³/mol. The Morgan fingerprint density at radius 3 is 2.46 bits per heavy atom. The van der Waals surface area contributed by atoms with Crippen LogP contribution in [0.15, 0.2) is 41.4 Å². The second-order valence-corrected chi connectivity index (χ2v) is 13.0. The Kier molecular flexibility index (Phi) is 7.96. The van der Waals surface area contributed by atoms with Crippen LogP contribution in [-0.4, -0.2) is 36.5 Å². The maximum Gasteiger partial charge on any atom is 0.253 e. The Hall–Kier alpha value is -2.25. The minimum Gasteiger partial charge on any atom is -0.348 e.